The molecule has 0 heterocycles. The van der Waals surface area contributed by atoms with Crippen molar-refractivity contribution in [3.05, 3.63) is 122 Å². The van der Waals surface area contributed by atoms with Crippen LogP contribution in [0.25, 0.3) is 0 Å². The number of unbranched alkanes of at least 4 members (excludes halogenated alkanes) is 22. The molecule has 0 aromatic heterocycles. The first-order valence-electron chi connectivity index (χ1n) is 28.1. The first-order valence-corrected chi connectivity index (χ1v) is 28.1. The number of esters is 3. The van der Waals surface area contributed by atoms with E-state index in [1.165, 1.54) is 103 Å². The number of rotatable bonds is 49. The van der Waals surface area contributed by atoms with Crippen LogP contribution in [-0.4, -0.2) is 37.2 Å². The maximum absolute atomic E-state index is 12.9. The van der Waals surface area contributed by atoms with Crippen molar-refractivity contribution in [3.63, 3.8) is 0 Å². The molecule has 0 spiro atoms. The zero-order valence-corrected chi connectivity index (χ0v) is 44.5. The number of carbonyl (C=O) groups excluding carboxylic acids is 3. The van der Waals surface area contributed by atoms with E-state index in [2.05, 4.69) is 87.6 Å². The zero-order chi connectivity index (χ0) is 50.0. The molecule has 0 N–H and O–H groups in total. The van der Waals surface area contributed by atoms with Crippen molar-refractivity contribution in [2.45, 2.75) is 245 Å². The summed E-state index contributed by atoms with van der Waals surface area (Å²) in [6.45, 7) is 6.29. The van der Waals surface area contributed by atoms with E-state index >= 15 is 0 Å². The Balaban J connectivity index is 4.49. The van der Waals surface area contributed by atoms with Gasteiger partial charge in [-0.05, 0) is 77.0 Å². The van der Waals surface area contributed by atoms with Crippen LogP contribution in [0.2, 0.25) is 0 Å². The highest BCUT2D eigenvalue weighted by atomic mass is 16.6. The molecule has 0 radical (unpaired) electrons. The first-order chi connectivity index (χ1) is 34.0. The van der Waals surface area contributed by atoms with Crippen LogP contribution in [0.1, 0.15) is 239 Å². The summed E-state index contributed by atoms with van der Waals surface area (Å²) in [5.74, 6) is -1.02. The van der Waals surface area contributed by atoms with Crippen LogP contribution in [0.4, 0.5) is 0 Å². The molecule has 6 heteroatoms. The Labute approximate surface area is 424 Å². The van der Waals surface area contributed by atoms with Crippen LogP contribution in [-0.2, 0) is 28.6 Å². The van der Waals surface area contributed by atoms with E-state index < -0.39 is 6.10 Å². The fourth-order valence-electron chi connectivity index (χ4n) is 7.44. The van der Waals surface area contributed by atoms with Crippen molar-refractivity contribution in [1.82, 2.24) is 0 Å². The van der Waals surface area contributed by atoms with Crippen molar-refractivity contribution in [2.24, 2.45) is 0 Å². The Bertz CT molecular complexity index is 1470. The van der Waals surface area contributed by atoms with E-state index in [1.807, 2.05) is 54.7 Å². The molecule has 390 valence electrons. The van der Waals surface area contributed by atoms with Crippen molar-refractivity contribution < 1.29 is 28.6 Å². The molecular weight excluding hydrogens is 853 g/mol. The molecule has 0 saturated heterocycles. The lowest BCUT2D eigenvalue weighted by atomic mass is 10.0. The Morgan fingerprint density at radius 2 is 0.652 bits per heavy atom. The Kier molecular flexibility index (Phi) is 53.0. The first kappa shape index (κ1) is 64.8. The van der Waals surface area contributed by atoms with Gasteiger partial charge in [0.25, 0.3) is 0 Å². The van der Waals surface area contributed by atoms with Crippen LogP contribution in [0.15, 0.2) is 122 Å². The molecule has 0 aromatic rings. The summed E-state index contributed by atoms with van der Waals surface area (Å²) >= 11 is 0. The number of hydrogen-bond acceptors (Lipinski definition) is 6. The number of hydrogen-bond donors (Lipinski definition) is 0. The van der Waals surface area contributed by atoms with Gasteiger partial charge in [-0.15, -0.1) is 0 Å². The minimum atomic E-state index is -0.823. The molecule has 0 rings (SSSR count). The lowest BCUT2D eigenvalue weighted by Gasteiger charge is -2.18. The summed E-state index contributed by atoms with van der Waals surface area (Å²) in [5, 5.41) is 0. The summed E-state index contributed by atoms with van der Waals surface area (Å²) in [4.78, 5) is 38.1. The fourth-order valence-corrected chi connectivity index (χ4v) is 7.44. The van der Waals surface area contributed by atoms with Crippen molar-refractivity contribution >= 4 is 17.9 Å². The summed E-state index contributed by atoms with van der Waals surface area (Å²) in [6, 6.07) is 0. The normalized spacial score (nSPS) is 13.0. The lowest BCUT2D eigenvalue weighted by Crippen LogP contribution is -2.30. The minimum absolute atomic E-state index is 0.119. The molecule has 1 unspecified atom stereocenters. The summed E-state index contributed by atoms with van der Waals surface area (Å²) in [5.41, 5.74) is 0. The predicted molar refractivity (Wildman–Crippen MR) is 297 cm³/mol. The molecule has 1 atom stereocenters. The number of ether oxygens (including phenoxy) is 3. The van der Waals surface area contributed by atoms with Crippen LogP contribution >= 0.6 is 0 Å². The standard InChI is InChI=1S/C63H102O6/c1-4-7-10-13-16-19-22-25-27-29-31-33-35-38-41-44-47-50-53-56-62(65)68-59-60(58-67-61(64)55-52-49-46-43-40-37-24-21-18-15-12-9-6-3)69-63(66)57-54-51-48-45-42-39-36-34-32-30-28-26-23-20-17-14-11-8-5-2/h7,9-10,12,15-16,18-19,21,24-25,27,31,33,37-38,40-41,43,46,60H,4-6,8,11,13-14,17,20,22-23,26,28-30,32,34-36,39,42,44-45,47-59H2,1-3H3/b10-7-,12-9-,18-15-,19-16-,24-21-,27-25-,33-31-,40-37-,41-38-,46-43-. The van der Waals surface area contributed by atoms with Crippen LogP contribution in [0, 0.1) is 0 Å². The second-order valence-electron chi connectivity index (χ2n) is 18.2. The van der Waals surface area contributed by atoms with Gasteiger partial charge in [0.15, 0.2) is 6.10 Å². The highest BCUT2D eigenvalue weighted by molar-refractivity contribution is 5.71. The lowest BCUT2D eigenvalue weighted by molar-refractivity contribution is -0.167. The van der Waals surface area contributed by atoms with Crippen LogP contribution in [0.3, 0.4) is 0 Å². The Morgan fingerprint density at radius 1 is 0.319 bits per heavy atom. The van der Waals surface area contributed by atoms with E-state index in [0.717, 1.165) is 89.9 Å². The largest absolute Gasteiger partial charge is 0.462 e. The SMILES string of the molecule is CC\C=C/C=C\C=C/C=C\C=C/CCCC(=O)OCC(COC(=O)CCCCC/C=C\C/C=C\C/C=C\C/C=C\C/C=C\CC)OC(=O)CCCCCCCCCCCCCCCCCCCCC. The molecule has 0 aliphatic carbocycles. The molecule has 0 fully saturated rings. The van der Waals surface area contributed by atoms with Gasteiger partial charge >= 0.3 is 17.9 Å². The van der Waals surface area contributed by atoms with Gasteiger partial charge in [0.2, 0.25) is 0 Å². The predicted octanol–water partition coefficient (Wildman–Crippen LogP) is 18.9. The highest BCUT2D eigenvalue weighted by Crippen LogP contribution is 2.16. The highest BCUT2D eigenvalue weighted by Gasteiger charge is 2.19. The van der Waals surface area contributed by atoms with Crippen LogP contribution in [0.5, 0.6) is 0 Å². The quantitative estimate of drug-likeness (QED) is 0.0199. The van der Waals surface area contributed by atoms with Gasteiger partial charge in [0.1, 0.15) is 13.2 Å². The van der Waals surface area contributed by atoms with Crippen LogP contribution < -0.4 is 0 Å². The molecule has 6 nitrogen and oxygen atoms in total. The summed E-state index contributed by atoms with van der Waals surface area (Å²) in [7, 11) is 0. The third-order valence-electron chi connectivity index (χ3n) is 11.6. The fraction of sp³-hybridized carbons (Fsp3) is 0.635. The molecule has 0 aliphatic heterocycles. The van der Waals surface area contributed by atoms with E-state index in [1.54, 1.807) is 0 Å². The van der Waals surface area contributed by atoms with Crippen molar-refractivity contribution in [3.8, 4) is 0 Å². The minimum Gasteiger partial charge on any atom is -0.462 e. The van der Waals surface area contributed by atoms with E-state index in [9.17, 15) is 14.4 Å². The van der Waals surface area contributed by atoms with Gasteiger partial charge in [-0.2, -0.15) is 0 Å². The van der Waals surface area contributed by atoms with Gasteiger partial charge < -0.3 is 14.2 Å². The molecule has 0 bridgehead atoms. The smallest absolute Gasteiger partial charge is 0.306 e. The second-order valence-corrected chi connectivity index (χ2v) is 18.2. The summed E-state index contributed by atoms with van der Waals surface area (Å²) in [6.07, 6.45) is 77.7. The monoisotopic (exact) mass is 955 g/mol. The zero-order valence-electron chi connectivity index (χ0n) is 44.5. The van der Waals surface area contributed by atoms with E-state index in [-0.39, 0.29) is 37.5 Å². The molecule has 0 aliphatic rings. The Morgan fingerprint density at radius 3 is 1.10 bits per heavy atom. The second kappa shape index (κ2) is 56.4. The average Bonchev–Trinajstić information content (AvgIpc) is 3.35. The van der Waals surface area contributed by atoms with E-state index in [4.69, 9.17) is 14.2 Å². The van der Waals surface area contributed by atoms with E-state index in [0.29, 0.717) is 19.3 Å². The van der Waals surface area contributed by atoms with Gasteiger partial charge in [0, 0.05) is 19.3 Å². The number of carbonyl (C=O) groups is 3. The Hall–Kier alpha value is -4.19. The van der Waals surface area contributed by atoms with Gasteiger partial charge in [0.05, 0.1) is 0 Å². The van der Waals surface area contributed by atoms with Crippen molar-refractivity contribution in [1.29, 1.82) is 0 Å². The molecule has 0 amide bonds. The topological polar surface area (TPSA) is 78.9 Å². The maximum atomic E-state index is 12.9. The maximum Gasteiger partial charge on any atom is 0.306 e. The number of allylic oxidation sites excluding steroid dienone is 20. The average molecular weight is 956 g/mol. The third kappa shape index (κ3) is 54.6. The third-order valence-corrected chi connectivity index (χ3v) is 11.6. The molecule has 0 saturated carbocycles. The molecular formula is C63H102O6. The van der Waals surface area contributed by atoms with Gasteiger partial charge in [-0.25, -0.2) is 0 Å². The molecule has 0 aromatic carbocycles. The van der Waals surface area contributed by atoms with Gasteiger partial charge in [-0.3, -0.25) is 14.4 Å². The van der Waals surface area contributed by atoms with Gasteiger partial charge in [-0.1, -0.05) is 264 Å². The molecule has 69 heavy (non-hydrogen) atoms. The van der Waals surface area contributed by atoms with Crippen molar-refractivity contribution in [2.75, 3.05) is 13.2 Å². The summed E-state index contributed by atoms with van der Waals surface area (Å²) < 4.78 is 16.8.